The highest BCUT2D eigenvalue weighted by Gasteiger charge is 2.29. The molecule has 1 N–H and O–H groups in total. The van der Waals surface area contributed by atoms with Crippen molar-refractivity contribution in [2.75, 3.05) is 51.3 Å². The number of anilines is 1. The van der Waals surface area contributed by atoms with Gasteiger partial charge in [0.05, 0.1) is 0 Å². The Balaban J connectivity index is 1.23. The molecule has 1 aliphatic carbocycles. The Morgan fingerprint density at radius 3 is 2.53 bits per heavy atom. The van der Waals surface area contributed by atoms with Gasteiger partial charge in [0.25, 0.3) is 0 Å². The van der Waals surface area contributed by atoms with Crippen LogP contribution in [-0.2, 0) is 4.74 Å². The van der Waals surface area contributed by atoms with Crippen LogP contribution in [0.25, 0.3) is 5.52 Å². The number of fused-ring (bicyclic) bond motifs is 1. The van der Waals surface area contributed by atoms with Gasteiger partial charge in [0.2, 0.25) is 0 Å². The van der Waals surface area contributed by atoms with Gasteiger partial charge in [0.15, 0.2) is 5.82 Å². The number of nitrogens with zero attached hydrogens (tertiary/aromatic N) is 5. The topological polar surface area (TPSA) is 57.9 Å². The van der Waals surface area contributed by atoms with Gasteiger partial charge in [-0.05, 0) is 62.6 Å². The molecule has 0 unspecified atom stereocenters. The molecule has 0 amide bonds. The molecule has 5 rings (SSSR count). The number of ether oxygens (including phenoxy) is 1. The van der Waals surface area contributed by atoms with Gasteiger partial charge >= 0.3 is 0 Å². The first-order chi connectivity index (χ1) is 14.8. The van der Waals surface area contributed by atoms with E-state index in [-0.39, 0.29) is 0 Å². The summed E-state index contributed by atoms with van der Waals surface area (Å²) in [4.78, 5) is 9.97. The summed E-state index contributed by atoms with van der Waals surface area (Å²) in [6, 6.07) is 3.51. The molecule has 0 bridgehead atoms. The Labute approximate surface area is 179 Å². The van der Waals surface area contributed by atoms with Crippen molar-refractivity contribution in [2.24, 2.45) is 0 Å². The average Bonchev–Trinajstić information content (AvgIpc) is 3.26. The molecule has 30 heavy (non-hydrogen) atoms. The molecular formula is C23H36N6O. The van der Waals surface area contributed by atoms with Gasteiger partial charge in [-0.2, -0.15) is 5.10 Å². The molecule has 2 aromatic heterocycles. The van der Waals surface area contributed by atoms with Crippen molar-refractivity contribution in [3.63, 3.8) is 0 Å². The predicted molar refractivity (Wildman–Crippen MR) is 119 cm³/mol. The molecule has 164 valence electrons. The van der Waals surface area contributed by atoms with Crippen LogP contribution in [0.4, 0.5) is 5.82 Å². The molecule has 2 aromatic rings. The van der Waals surface area contributed by atoms with Crippen LogP contribution in [0.5, 0.6) is 0 Å². The van der Waals surface area contributed by atoms with Crippen molar-refractivity contribution in [2.45, 2.75) is 63.5 Å². The minimum atomic E-state index is 0.509. The Morgan fingerprint density at radius 1 is 1.03 bits per heavy atom. The smallest absolute Gasteiger partial charge is 0.154 e. The second kappa shape index (κ2) is 9.20. The summed E-state index contributed by atoms with van der Waals surface area (Å²) >= 11 is 0. The maximum absolute atomic E-state index is 5.57. The lowest BCUT2D eigenvalue weighted by Crippen LogP contribution is -2.51. The van der Waals surface area contributed by atoms with Crippen molar-refractivity contribution in [3.8, 4) is 0 Å². The quantitative estimate of drug-likeness (QED) is 0.815. The molecule has 0 atom stereocenters. The fourth-order valence-electron chi connectivity index (χ4n) is 5.65. The number of piperazine rings is 1. The molecule has 4 heterocycles. The third-order valence-corrected chi connectivity index (χ3v) is 7.55. The van der Waals surface area contributed by atoms with E-state index in [2.05, 4.69) is 44.4 Å². The third-order valence-electron chi connectivity index (χ3n) is 7.55. The van der Waals surface area contributed by atoms with Crippen LogP contribution in [0.15, 0.2) is 18.6 Å². The highest BCUT2D eigenvalue weighted by molar-refractivity contribution is 5.73. The summed E-state index contributed by atoms with van der Waals surface area (Å²) in [5, 5.41) is 8.26. The second-order valence-corrected chi connectivity index (χ2v) is 9.18. The molecule has 3 fully saturated rings. The van der Waals surface area contributed by atoms with E-state index in [4.69, 9.17) is 4.74 Å². The van der Waals surface area contributed by atoms with Crippen molar-refractivity contribution in [3.05, 3.63) is 24.2 Å². The zero-order chi connectivity index (χ0) is 20.3. The normalized spacial score (nSPS) is 27.5. The largest absolute Gasteiger partial charge is 0.381 e. The molecule has 0 aromatic carbocycles. The van der Waals surface area contributed by atoms with Crippen molar-refractivity contribution in [1.29, 1.82) is 0 Å². The number of rotatable bonds is 5. The Morgan fingerprint density at radius 2 is 1.80 bits per heavy atom. The Hall–Kier alpha value is -1.70. The summed E-state index contributed by atoms with van der Waals surface area (Å²) < 4.78 is 7.57. The SMILES string of the molecule is CCN1CCN(C2CCC(Nc3ncnn4ccc(C5CCOCC5)c34)CC2)CC1. The van der Waals surface area contributed by atoms with E-state index in [1.165, 1.54) is 69.5 Å². The zero-order valence-corrected chi connectivity index (χ0v) is 18.3. The molecule has 7 heteroatoms. The lowest BCUT2D eigenvalue weighted by Gasteiger charge is -2.42. The molecule has 0 spiro atoms. The maximum Gasteiger partial charge on any atom is 0.154 e. The summed E-state index contributed by atoms with van der Waals surface area (Å²) in [7, 11) is 0. The number of hydrogen-bond donors (Lipinski definition) is 1. The van der Waals surface area contributed by atoms with Gasteiger partial charge in [-0.25, -0.2) is 9.50 Å². The molecule has 2 aliphatic heterocycles. The number of hydrogen-bond acceptors (Lipinski definition) is 6. The van der Waals surface area contributed by atoms with E-state index in [0.29, 0.717) is 12.0 Å². The van der Waals surface area contributed by atoms with Crippen LogP contribution in [0.2, 0.25) is 0 Å². The van der Waals surface area contributed by atoms with E-state index in [1.54, 1.807) is 6.33 Å². The summed E-state index contributed by atoms with van der Waals surface area (Å²) in [6.45, 7) is 10.1. The molecule has 7 nitrogen and oxygen atoms in total. The van der Waals surface area contributed by atoms with Crippen LogP contribution in [-0.4, -0.2) is 82.4 Å². The summed E-state index contributed by atoms with van der Waals surface area (Å²) in [5.41, 5.74) is 2.55. The molecule has 3 aliphatic rings. The minimum absolute atomic E-state index is 0.509. The second-order valence-electron chi connectivity index (χ2n) is 9.18. The van der Waals surface area contributed by atoms with Crippen LogP contribution < -0.4 is 5.32 Å². The fourth-order valence-corrected chi connectivity index (χ4v) is 5.65. The van der Waals surface area contributed by atoms with Gasteiger partial charge in [-0.3, -0.25) is 4.90 Å². The minimum Gasteiger partial charge on any atom is -0.381 e. The molecule has 2 saturated heterocycles. The number of likely N-dealkylation sites (N-methyl/N-ethyl adjacent to an activating group) is 1. The highest BCUT2D eigenvalue weighted by atomic mass is 16.5. The van der Waals surface area contributed by atoms with E-state index < -0.39 is 0 Å². The van der Waals surface area contributed by atoms with Gasteiger partial charge in [-0.1, -0.05) is 6.92 Å². The van der Waals surface area contributed by atoms with Gasteiger partial charge < -0.3 is 15.0 Å². The summed E-state index contributed by atoms with van der Waals surface area (Å²) in [6.07, 6.45) is 11.0. The van der Waals surface area contributed by atoms with Gasteiger partial charge in [0.1, 0.15) is 11.8 Å². The first kappa shape index (κ1) is 20.2. The Kier molecular flexibility index (Phi) is 6.20. The summed E-state index contributed by atoms with van der Waals surface area (Å²) in [5.74, 6) is 1.56. The third kappa shape index (κ3) is 4.20. The molecular weight excluding hydrogens is 376 g/mol. The molecule has 0 radical (unpaired) electrons. The van der Waals surface area contributed by atoms with E-state index >= 15 is 0 Å². The van der Waals surface area contributed by atoms with Gasteiger partial charge in [0, 0.05) is 57.7 Å². The van der Waals surface area contributed by atoms with E-state index in [9.17, 15) is 0 Å². The van der Waals surface area contributed by atoms with Crippen molar-refractivity contribution >= 4 is 11.3 Å². The lowest BCUT2D eigenvalue weighted by molar-refractivity contribution is 0.0800. The standard InChI is InChI=1S/C23H36N6O/c1-2-27-11-13-28(14-12-27)20-5-3-19(4-6-20)26-23-22-21(18-8-15-30-16-9-18)7-10-29(22)25-17-24-23/h7,10,17-20H,2-6,8-9,11-16H2,1H3,(H,24,25,26). The van der Waals surface area contributed by atoms with Crippen LogP contribution in [0, 0.1) is 0 Å². The maximum atomic E-state index is 5.57. The zero-order valence-electron chi connectivity index (χ0n) is 18.3. The first-order valence-electron chi connectivity index (χ1n) is 11.9. The van der Waals surface area contributed by atoms with Gasteiger partial charge in [-0.15, -0.1) is 0 Å². The average molecular weight is 413 g/mol. The van der Waals surface area contributed by atoms with Crippen molar-refractivity contribution < 1.29 is 4.74 Å². The number of aromatic nitrogens is 3. The lowest BCUT2D eigenvalue weighted by atomic mass is 9.89. The highest BCUT2D eigenvalue weighted by Crippen LogP contribution is 2.34. The fraction of sp³-hybridized carbons (Fsp3) is 0.739. The monoisotopic (exact) mass is 412 g/mol. The van der Waals surface area contributed by atoms with E-state index in [0.717, 1.165) is 37.9 Å². The molecule has 1 saturated carbocycles. The predicted octanol–water partition coefficient (Wildman–Crippen LogP) is 2.98. The van der Waals surface area contributed by atoms with Crippen LogP contribution >= 0.6 is 0 Å². The Bertz CT molecular complexity index is 816. The van der Waals surface area contributed by atoms with Crippen LogP contribution in [0.3, 0.4) is 0 Å². The first-order valence-corrected chi connectivity index (χ1v) is 11.9. The van der Waals surface area contributed by atoms with E-state index in [1.807, 2.05) is 4.52 Å². The van der Waals surface area contributed by atoms with Crippen LogP contribution in [0.1, 0.15) is 56.9 Å². The number of nitrogens with one attached hydrogen (secondary N) is 1. The van der Waals surface area contributed by atoms with Crippen molar-refractivity contribution in [1.82, 2.24) is 24.4 Å².